The van der Waals surface area contributed by atoms with E-state index in [-0.39, 0.29) is 0 Å². The number of hydrogen-bond donors (Lipinski definition) is 3. The van der Waals surface area contributed by atoms with Gasteiger partial charge in [-0.15, -0.1) is 0 Å². The molecule has 0 fully saturated rings. The zero-order valence-electron chi connectivity index (χ0n) is 19.2. The SMILES string of the molecule is C=C/C=C\c1cc(-c2n[nH]c3ccc(-c4cncc(CNCc5ccccc5)c4)cc23)[nH]c1C. The van der Waals surface area contributed by atoms with Gasteiger partial charge in [0.1, 0.15) is 5.69 Å². The Labute approximate surface area is 199 Å². The van der Waals surface area contributed by atoms with Crippen molar-refractivity contribution in [1.82, 2.24) is 25.5 Å². The Bertz CT molecular complexity index is 1460. The largest absolute Gasteiger partial charge is 0.357 e. The number of rotatable bonds is 8. The fraction of sp³-hybridized carbons (Fsp3) is 0.103. The van der Waals surface area contributed by atoms with Crippen molar-refractivity contribution in [1.29, 1.82) is 0 Å². The smallest absolute Gasteiger partial charge is 0.116 e. The lowest BCUT2D eigenvalue weighted by molar-refractivity contribution is 0.691. The lowest BCUT2D eigenvalue weighted by atomic mass is 10.0. The van der Waals surface area contributed by atoms with Gasteiger partial charge in [0.2, 0.25) is 0 Å². The van der Waals surface area contributed by atoms with Crippen LogP contribution in [-0.4, -0.2) is 20.2 Å². The maximum absolute atomic E-state index is 4.60. The first-order valence-electron chi connectivity index (χ1n) is 11.4. The fourth-order valence-electron chi connectivity index (χ4n) is 4.13. The van der Waals surface area contributed by atoms with E-state index >= 15 is 0 Å². The van der Waals surface area contributed by atoms with Crippen LogP contribution >= 0.6 is 0 Å². The molecule has 34 heavy (non-hydrogen) atoms. The first kappa shape index (κ1) is 21.6. The Morgan fingerprint density at radius 3 is 2.65 bits per heavy atom. The van der Waals surface area contributed by atoms with E-state index in [0.29, 0.717) is 0 Å². The van der Waals surface area contributed by atoms with Gasteiger partial charge in [0, 0.05) is 42.1 Å². The molecule has 0 atom stereocenters. The maximum atomic E-state index is 4.60. The van der Waals surface area contributed by atoms with Crippen molar-refractivity contribution in [2.24, 2.45) is 0 Å². The molecule has 3 aromatic heterocycles. The zero-order chi connectivity index (χ0) is 23.3. The van der Waals surface area contributed by atoms with Crippen molar-refractivity contribution >= 4 is 17.0 Å². The lowest BCUT2D eigenvalue weighted by Gasteiger charge is -2.08. The highest BCUT2D eigenvalue weighted by molar-refractivity contribution is 5.95. The van der Waals surface area contributed by atoms with Crippen LogP contribution in [-0.2, 0) is 13.1 Å². The van der Waals surface area contributed by atoms with E-state index in [0.717, 1.165) is 63.3 Å². The van der Waals surface area contributed by atoms with Crippen LogP contribution in [0.15, 0.2) is 91.8 Å². The normalized spacial score (nSPS) is 11.4. The van der Waals surface area contributed by atoms with Crippen LogP contribution in [0.1, 0.15) is 22.4 Å². The molecule has 0 saturated heterocycles. The molecule has 0 aliphatic carbocycles. The van der Waals surface area contributed by atoms with Gasteiger partial charge in [-0.3, -0.25) is 10.1 Å². The quantitative estimate of drug-likeness (QED) is 0.242. The highest BCUT2D eigenvalue weighted by Crippen LogP contribution is 2.31. The Balaban J connectivity index is 1.40. The number of allylic oxidation sites excluding steroid dienone is 2. The molecule has 3 heterocycles. The second-order valence-electron chi connectivity index (χ2n) is 8.36. The maximum Gasteiger partial charge on any atom is 0.116 e. The van der Waals surface area contributed by atoms with E-state index < -0.39 is 0 Å². The molecule has 5 rings (SSSR count). The number of aryl methyl sites for hydroxylation is 1. The molecule has 0 amide bonds. The molecule has 0 bridgehead atoms. The number of pyridine rings is 1. The van der Waals surface area contributed by atoms with Crippen molar-refractivity contribution in [2.45, 2.75) is 20.0 Å². The Morgan fingerprint density at radius 2 is 1.79 bits per heavy atom. The monoisotopic (exact) mass is 445 g/mol. The Kier molecular flexibility index (Phi) is 6.19. The molecule has 5 aromatic rings. The summed E-state index contributed by atoms with van der Waals surface area (Å²) >= 11 is 0. The summed E-state index contributed by atoms with van der Waals surface area (Å²) in [5.74, 6) is 0. The number of fused-ring (bicyclic) bond motifs is 1. The summed E-state index contributed by atoms with van der Waals surface area (Å²) in [6, 6.07) is 21.1. The van der Waals surface area contributed by atoms with Crippen LogP contribution in [0.25, 0.3) is 39.5 Å². The van der Waals surface area contributed by atoms with Crippen LogP contribution in [0.2, 0.25) is 0 Å². The molecule has 168 valence electrons. The molecular weight excluding hydrogens is 418 g/mol. The number of benzene rings is 2. The highest BCUT2D eigenvalue weighted by Gasteiger charge is 2.13. The van der Waals surface area contributed by atoms with Gasteiger partial charge in [-0.1, -0.05) is 61.2 Å². The third-order valence-corrected chi connectivity index (χ3v) is 5.91. The average molecular weight is 446 g/mol. The van der Waals surface area contributed by atoms with Gasteiger partial charge in [0.05, 0.1) is 11.2 Å². The van der Waals surface area contributed by atoms with Gasteiger partial charge in [0.25, 0.3) is 0 Å². The van der Waals surface area contributed by atoms with Gasteiger partial charge >= 0.3 is 0 Å². The van der Waals surface area contributed by atoms with E-state index in [1.165, 1.54) is 5.56 Å². The number of nitrogens with zero attached hydrogens (tertiary/aromatic N) is 2. The minimum Gasteiger partial charge on any atom is -0.357 e. The molecule has 0 radical (unpaired) electrons. The Hall–Kier alpha value is -4.22. The summed E-state index contributed by atoms with van der Waals surface area (Å²) in [6.07, 6.45) is 9.60. The fourth-order valence-corrected chi connectivity index (χ4v) is 4.13. The molecule has 5 nitrogen and oxygen atoms in total. The molecule has 5 heteroatoms. The standard InChI is InChI=1S/C29H27N5/c1-3-4-10-23-15-28(32-20(23)2)29-26-14-24(11-12-27(26)33-34-29)25-13-22(18-31-19-25)17-30-16-21-8-6-5-7-9-21/h3-15,18-19,30,32H,1,16-17H2,2H3,(H,33,34)/b10-4-. The first-order valence-corrected chi connectivity index (χ1v) is 11.4. The van der Waals surface area contributed by atoms with E-state index in [4.69, 9.17) is 0 Å². The summed E-state index contributed by atoms with van der Waals surface area (Å²) in [4.78, 5) is 7.96. The van der Waals surface area contributed by atoms with Crippen molar-refractivity contribution in [3.63, 3.8) is 0 Å². The second-order valence-corrected chi connectivity index (χ2v) is 8.36. The van der Waals surface area contributed by atoms with Crippen molar-refractivity contribution in [3.8, 4) is 22.5 Å². The van der Waals surface area contributed by atoms with Gasteiger partial charge in [0.15, 0.2) is 0 Å². The molecule has 2 aromatic carbocycles. The number of H-pyrrole nitrogens is 2. The average Bonchev–Trinajstić information content (AvgIpc) is 3.46. The number of aromatic nitrogens is 4. The molecule has 0 aliphatic rings. The number of nitrogens with one attached hydrogen (secondary N) is 3. The van der Waals surface area contributed by atoms with E-state index in [1.54, 1.807) is 6.08 Å². The van der Waals surface area contributed by atoms with Crippen LogP contribution in [0.3, 0.4) is 0 Å². The van der Waals surface area contributed by atoms with Crippen molar-refractivity contribution in [3.05, 3.63) is 114 Å². The van der Waals surface area contributed by atoms with E-state index in [2.05, 4.69) is 93.6 Å². The minimum atomic E-state index is 0.762. The molecule has 0 unspecified atom stereocenters. The molecule has 0 aliphatic heterocycles. The third-order valence-electron chi connectivity index (χ3n) is 5.91. The number of aromatic amines is 2. The van der Waals surface area contributed by atoms with E-state index in [1.807, 2.05) is 30.6 Å². The van der Waals surface area contributed by atoms with Crippen LogP contribution in [0, 0.1) is 6.92 Å². The minimum absolute atomic E-state index is 0.762. The van der Waals surface area contributed by atoms with Crippen molar-refractivity contribution < 1.29 is 0 Å². The van der Waals surface area contributed by atoms with E-state index in [9.17, 15) is 0 Å². The zero-order valence-corrected chi connectivity index (χ0v) is 19.2. The van der Waals surface area contributed by atoms with Crippen LogP contribution < -0.4 is 5.32 Å². The van der Waals surface area contributed by atoms with Gasteiger partial charge in [-0.25, -0.2) is 0 Å². The first-order chi connectivity index (χ1) is 16.7. The summed E-state index contributed by atoms with van der Waals surface area (Å²) in [5, 5.41) is 12.3. The topological polar surface area (TPSA) is 69.4 Å². The van der Waals surface area contributed by atoms with Crippen LogP contribution in [0.5, 0.6) is 0 Å². The second kappa shape index (κ2) is 9.73. The molecule has 0 spiro atoms. The molecule has 0 saturated carbocycles. The lowest BCUT2D eigenvalue weighted by Crippen LogP contribution is -2.12. The van der Waals surface area contributed by atoms with Gasteiger partial charge in [-0.2, -0.15) is 5.10 Å². The summed E-state index contributed by atoms with van der Waals surface area (Å²) < 4.78 is 0. The molecule has 3 N–H and O–H groups in total. The highest BCUT2D eigenvalue weighted by atomic mass is 15.1. The summed E-state index contributed by atoms with van der Waals surface area (Å²) in [7, 11) is 0. The summed E-state index contributed by atoms with van der Waals surface area (Å²) in [5.41, 5.74) is 9.75. The molecular formula is C29H27N5. The van der Waals surface area contributed by atoms with Crippen LogP contribution in [0.4, 0.5) is 0 Å². The van der Waals surface area contributed by atoms with Gasteiger partial charge in [-0.05, 0) is 53.4 Å². The predicted molar refractivity (Wildman–Crippen MR) is 140 cm³/mol. The Morgan fingerprint density at radius 1 is 0.941 bits per heavy atom. The predicted octanol–water partition coefficient (Wildman–Crippen LogP) is 6.42. The number of hydrogen-bond acceptors (Lipinski definition) is 3. The van der Waals surface area contributed by atoms with Crippen molar-refractivity contribution in [2.75, 3.05) is 0 Å². The third kappa shape index (κ3) is 4.60. The summed E-state index contributed by atoms with van der Waals surface area (Å²) in [6.45, 7) is 7.41. The van der Waals surface area contributed by atoms with Gasteiger partial charge < -0.3 is 10.3 Å².